The summed E-state index contributed by atoms with van der Waals surface area (Å²) in [7, 11) is 0. The average molecular weight is 465 g/mol. The Morgan fingerprint density at radius 1 is 1.06 bits per heavy atom. The molecule has 0 unspecified atom stereocenters. The van der Waals surface area contributed by atoms with Crippen molar-refractivity contribution < 1.29 is 26.8 Å². The van der Waals surface area contributed by atoms with Gasteiger partial charge in [-0.1, -0.05) is 17.8 Å². The van der Waals surface area contributed by atoms with Gasteiger partial charge in [-0.25, -0.2) is 9.37 Å². The van der Waals surface area contributed by atoms with Crippen molar-refractivity contribution in [2.75, 3.05) is 36.8 Å². The van der Waals surface area contributed by atoms with Gasteiger partial charge < -0.3 is 14.2 Å². The van der Waals surface area contributed by atoms with Gasteiger partial charge in [-0.05, 0) is 42.5 Å². The molecular weight excluding hydrogens is 446 g/mol. The summed E-state index contributed by atoms with van der Waals surface area (Å²) in [6, 6.07) is 11.0. The van der Waals surface area contributed by atoms with Crippen LogP contribution in [0.25, 0.3) is 11.3 Å². The van der Waals surface area contributed by atoms with Crippen LogP contribution < -0.4 is 4.90 Å². The van der Waals surface area contributed by atoms with Crippen molar-refractivity contribution in [3.8, 4) is 11.3 Å². The van der Waals surface area contributed by atoms with Gasteiger partial charge in [-0.15, -0.1) is 0 Å². The number of rotatable bonds is 5. The number of amides is 1. The molecule has 5 nitrogen and oxygen atoms in total. The van der Waals surface area contributed by atoms with Gasteiger partial charge in [0, 0.05) is 37.4 Å². The number of aromatic nitrogens is 1. The van der Waals surface area contributed by atoms with Gasteiger partial charge in [0.15, 0.2) is 5.76 Å². The van der Waals surface area contributed by atoms with Gasteiger partial charge in [0.25, 0.3) is 5.22 Å². The average Bonchev–Trinajstić information content (AvgIpc) is 3.27. The molecule has 0 spiro atoms. The normalized spacial score (nSPS) is 14.6. The van der Waals surface area contributed by atoms with Gasteiger partial charge in [-0.2, -0.15) is 13.2 Å². The zero-order valence-electron chi connectivity index (χ0n) is 16.8. The number of carbonyl (C=O) groups is 1. The molecule has 2 aromatic carbocycles. The van der Waals surface area contributed by atoms with Crippen molar-refractivity contribution >= 4 is 23.4 Å². The predicted molar refractivity (Wildman–Crippen MR) is 113 cm³/mol. The van der Waals surface area contributed by atoms with E-state index < -0.39 is 11.7 Å². The lowest BCUT2D eigenvalue weighted by molar-refractivity contribution is -0.137. The van der Waals surface area contributed by atoms with Gasteiger partial charge >= 0.3 is 6.18 Å². The van der Waals surface area contributed by atoms with Crippen LogP contribution in [-0.2, 0) is 11.0 Å². The molecule has 3 aromatic rings. The minimum absolute atomic E-state index is 0.0970. The third kappa shape index (κ3) is 5.24. The summed E-state index contributed by atoms with van der Waals surface area (Å²) in [6.45, 7) is 1.74. The maximum atomic E-state index is 13.0. The Bertz CT molecular complexity index is 1080. The second-order valence-electron chi connectivity index (χ2n) is 7.20. The molecule has 32 heavy (non-hydrogen) atoms. The van der Waals surface area contributed by atoms with Gasteiger partial charge in [0.2, 0.25) is 5.91 Å². The molecule has 168 valence electrons. The monoisotopic (exact) mass is 465 g/mol. The van der Waals surface area contributed by atoms with Gasteiger partial charge in [-0.3, -0.25) is 4.79 Å². The lowest BCUT2D eigenvalue weighted by atomic mass is 10.1. The number of alkyl halides is 3. The number of thioether (sulfide) groups is 1. The van der Waals surface area contributed by atoms with Crippen molar-refractivity contribution in [2.45, 2.75) is 11.4 Å². The molecule has 1 fully saturated rings. The fourth-order valence-corrected chi connectivity index (χ4v) is 4.09. The molecule has 1 aromatic heterocycles. The quantitative estimate of drug-likeness (QED) is 0.395. The number of oxazole rings is 1. The standard InChI is InChI=1S/C22H19F4N3O2S/c23-17-6-4-15(5-7-17)19-13-27-21(31-19)32-14-20(30)29-10-8-28(9-11-29)18-3-1-2-16(12-18)22(24,25)26/h1-7,12-13H,8-11,14H2. The molecule has 1 amide bonds. The lowest BCUT2D eigenvalue weighted by Gasteiger charge is -2.36. The predicted octanol–water partition coefficient (Wildman–Crippen LogP) is 4.94. The van der Waals surface area contributed by atoms with E-state index in [0.29, 0.717) is 48.4 Å². The second-order valence-corrected chi connectivity index (χ2v) is 8.13. The first kappa shape index (κ1) is 22.2. The highest BCUT2D eigenvalue weighted by Gasteiger charge is 2.31. The summed E-state index contributed by atoms with van der Waals surface area (Å²) < 4.78 is 57.5. The molecule has 10 heteroatoms. The van der Waals surface area contributed by atoms with Gasteiger partial charge in [0.05, 0.1) is 17.5 Å². The molecule has 0 N–H and O–H groups in total. The Labute approximate surface area is 186 Å². The first-order chi connectivity index (χ1) is 15.3. The maximum absolute atomic E-state index is 13.0. The van der Waals surface area contributed by atoms with Crippen LogP contribution in [0.4, 0.5) is 23.2 Å². The van der Waals surface area contributed by atoms with Crippen LogP contribution in [0.5, 0.6) is 0 Å². The Balaban J connectivity index is 1.29. The number of carbonyl (C=O) groups excluding carboxylic acids is 1. The number of hydrogen-bond acceptors (Lipinski definition) is 5. The number of nitrogens with zero attached hydrogens (tertiary/aromatic N) is 3. The summed E-state index contributed by atoms with van der Waals surface area (Å²) in [4.78, 5) is 20.2. The molecule has 0 radical (unpaired) electrons. The summed E-state index contributed by atoms with van der Waals surface area (Å²) in [5, 5.41) is 0.334. The molecule has 4 rings (SSSR count). The van der Waals surface area contributed by atoms with E-state index in [1.807, 2.05) is 4.90 Å². The van der Waals surface area contributed by atoms with Crippen LogP contribution in [-0.4, -0.2) is 47.7 Å². The molecule has 0 bridgehead atoms. The fourth-order valence-electron chi connectivity index (χ4n) is 3.38. The van der Waals surface area contributed by atoms with Gasteiger partial charge in [0.1, 0.15) is 5.82 Å². The Morgan fingerprint density at radius 3 is 2.47 bits per heavy atom. The van der Waals surface area contributed by atoms with Crippen molar-refractivity contribution in [3.05, 3.63) is 66.1 Å². The van der Waals surface area contributed by atoms with E-state index in [9.17, 15) is 22.4 Å². The highest BCUT2D eigenvalue weighted by molar-refractivity contribution is 7.99. The minimum Gasteiger partial charge on any atom is -0.431 e. The molecule has 0 saturated carbocycles. The summed E-state index contributed by atoms with van der Waals surface area (Å²) in [5.74, 6) is 0.170. The number of hydrogen-bond donors (Lipinski definition) is 0. The Kier molecular flexibility index (Phi) is 6.40. The molecular formula is C22H19F4N3O2S. The first-order valence-corrected chi connectivity index (χ1v) is 10.8. The third-order valence-corrected chi connectivity index (χ3v) is 5.93. The molecule has 0 atom stereocenters. The Morgan fingerprint density at radius 2 is 1.78 bits per heavy atom. The molecule has 0 aliphatic carbocycles. The lowest BCUT2D eigenvalue weighted by Crippen LogP contribution is -2.49. The smallest absolute Gasteiger partial charge is 0.416 e. The summed E-state index contributed by atoms with van der Waals surface area (Å²) >= 11 is 1.16. The molecule has 1 aliphatic rings. The fraction of sp³-hybridized carbons (Fsp3) is 0.273. The highest BCUT2D eigenvalue weighted by Crippen LogP contribution is 2.32. The van der Waals surface area contributed by atoms with Crippen LogP contribution in [0.3, 0.4) is 0 Å². The van der Waals surface area contributed by atoms with Crippen LogP contribution in [0, 0.1) is 5.82 Å². The largest absolute Gasteiger partial charge is 0.431 e. The van der Waals surface area contributed by atoms with E-state index in [4.69, 9.17) is 4.42 Å². The molecule has 2 heterocycles. The van der Waals surface area contributed by atoms with Crippen LogP contribution in [0.1, 0.15) is 5.56 Å². The van der Waals surface area contributed by atoms with E-state index in [0.717, 1.165) is 23.9 Å². The SMILES string of the molecule is O=C(CSc1ncc(-c2ccc(F)cc2)o1)N1CCN(c2cccc(C(F)(F)F)c2)CC1. The third-order valence-electron chi connectivity index (χ3n) is 5.10. The second kappa shape index (κ2) is 9.23. The molecule has 1 saturated heterocycles. The maximum Gasteiger partial charge on any atom is 0.416 e. The van der Waals surface area contributed by atoms with Crippen LogP contribution in [0.15, 0.2) is 64.4 Å². The van der Waals surface area contributed by atoms with Crippen molar-refractivity contribution in [1.29, 1.82) is 0 Å². The minimum atomic E-state index is -4.39. The number of anilines is 1. The Hall–Kier alpha value is -3.01. The first-order valence-electron chi connectivity index (χ1n) is 9.84. The van der Waals surface area contributed by atoms with Crippen molar-refractivity contribution in [2.24, 2.45) is 0 Å². The van der Waals surface area contributed by atoms with Crippen molar-refractivity contribution in [1.82, 2.24) is 9.88 Å². The summed E-state index contributed by atoms with van der Waals surface area (Å²) in [6.07, 6.45) is -2.87. The highest BCUT2D eigenvalue weighted by atomic mass is 32.2. The zero-order chi connectivity index (χ0) is 22.7. The summed E-state index contributed by atoms with van der Waals surface area (Å²) in [5.41, 5.74) is 0.494. The van der Waals surface area contributed by atoms with Crippen LogP contribution in [0.2, 0.25) is 0 Å². The van der Waals surface area contributed by atoms with Crippen molar-refractivity contribution in [3.63, 3.8) is 0 Å². The number of halogens is 4. The van der Waals surface area contributed by atoms with E-state index in [1.165, 1.54) is 24.4 Å². The topological polar surface area (TPSA) is 49.6 Å². The van der Waals surface area contributed by atoms with Crippen LogP contribution >= 0.6 is 11.8 Å². The van der Waals surface area contributed by atoms with E-state index in [1.54, 1.807) is 23.1 Å². The number of benzene rings is 2. The zero-order valence-corrected chi connectivity index (χ0v) is 17.6. The van der Waals surface area contributed by atoms with E-state index in [2.05, 4.69) is 4.98 Å². The van der Waals surface area contributed by atoms with E-state index >= 15 is 0 Å². The number of piperazine rings is 1. The molecule has 1 aliphatic heterocycles. The van der Waals surface area contributed by atoms with E-state index in [-0.39, 0.29) is 17.5 Å².